The number of alkyl halides is 8. The van der Waals surface area contributed by atoms with Crippen molar-refractivity contribution in [2.45, 2.75) is 23.7 Å². The number of benzene rings is 4. The Morgan fingerprint density at radius 2 is 0.564 bits per heavy atom. The van der Waals surface area contributed by atoms with Crippen LogP contribution in [0.15, 0.2) is 106 Å². The van der Waals surface area contributed by atoms with E-state index in [-0.39, 0.29) is 11.5 Å². The van der Waals surface area contributed by atoms with E-state index in [4.69, 9.17) is 4.74 Å². The molecule has 11 heteroatoms. The van der Waals surface area contributed by atoms with Crippen LogP contribution in [0, 0.1) is 0 Å². The molecule has 4 aromatic carbocycles. The summed E-state index contributed by atoms with van der Waals surface area (Å²) >= 11 is 6.12. The first-order valence-corrected chi connectivity index (χ1v) is 12.7. The fourth-order valence-corrected chi connectivity index (χ4v) is 4.17. The normalized spacial score (nSPS) is 12.9. The Bertz CT molecular complexity index is 1310. The fourth-order valence-electron chi connectivity index (χ4n) is 3.64. The molecule has 0 heterocycles. The van der Waals surface area contributed by atoms with Crippen LogP contribution in [0.25, 0.3) is 0 Å². The molecule has 0 saturated heterocycles. The minimum absolute atomic E-state index is 0.0683. The molecule has 4 aromatic rings. The lowest BCUT2D eigenvalue weighted by Crippen LogP contribution is -2.35. The smallest absolute Gasteiger partial charge is 0.339 e. The third-order valence-electron chi connectivity index (χ3n) is 5.87. The first kappa shape index (κ1) is 29.1. The molecule has 39 heavy (non-hydrogen) atoms. The van der Waals surface area contributed by atoms with Gasteiger partial charge in [0.1, 0.15) is 11.5 Å². The molecule has 0 unspecified atom stereocenters. The van der Waals surface area contributed by atoms with Gasteiger partial charge in [-0.15, -0.1) is 0 Å². The molecule has 0 amide bonds. The number of halogens is 10. The standard InChI is InChI=1S/C28H16Br2F8O/c29-21-9-1-17(2-10-21)25(31,32)27(35,36)19-5-13-23(14-6-19)39-24-15-7-20(8-16-24)28(37,38)26(33,34)18-3-11-22(30)12-4-18/h1-16H. The molecule has 0 aliphatic heterocycles. The molecule has 0 aliphatic carbocycles. The molecule has 0 bridgehead atoms. The predicted octanol–water partition coefficient (Wildman–Crippen LogP) is 10.8. The third-order valence-corrected chi connectivity index (χ3v) is 6.93. The van der Waals surface area contributed by atoms with E-state index in [2.05, 4.69) is 31.9 Å². The van der Waals surface area contributed by atoms with Crippen LogP contribution < -0.4 is 4.74 Å². The van der Waals surface area contributed by atoms with Gasteiger partial charge in [0.2, 0.25) is 0 Å². The van der Waals surface area contributed by atoms with Crippen LogP contribution in [0.1, 0.15) is 22.3 Å². The molecule has 0 aromatic heterocycles. The van der Waals surface area contributed by atoms with Gasteiger partial charge < -0.3 is 4.74 Å². The maximum Gasteiger partial charge on any atom is 0.339 e. The van der Waals surface area contributed by atoms with E-state index < -0.39 is 45.9 Å². The topological polar surface area (TPSA) is 9.23 Å². The Labute approximate surface area is 234 Å². The molecular weight excluding hydrogens is 664 g/mol. The van der Waals surface area contributed by atoms with Gasteiger partial charge in [0.05, 0.1) is 0 Å². The lowest BCUT2D eigenvalue weighted by atomic mass is 9.96. The number of rotatable bonds is 8. The Morgan fingerprint density at radius 3 is 0.795 bits per heavy atom. The minimum atomic E-state index is -4.56. The highest BCUT2D eigenvalue weighted by Gasteiger charge is 2.59. The summed E-state index contributed by atoms with van der Waals surface area (Å²) in [5.74, 6) is -18.3. The molecular formula is C28H16Br2F8O. The molecule has 0 aliphatic rings. The highest BCUT2D eigenvalue weighted by molar-refractivity contribution is 9.10. The second kappa shape index (κ2) is 10.6. The van der Waals surface area contributed by atoms with Crippen LogP contribution in [-0.4, -0.2) is 0 Å². The van der Waals surface area contributed by atoms with E-state index in [1.54, 1.807) is 0 Å². The van der Waals surface area contributed by atoms with Crippen molar-refractivity contribution in [1.82, 2.24) is 0 Å². The average Bonchev–Trinajstić information content (AvgIpc) is 2.89. The second-order valence-corrected chi connectivity index (χ2v) is 10.3. The maximum absolute atomic E-state index is 14.7. The Morgan fingerprint density at radius 1 is 0.359 bits per heavy atom. The number of hydrogen-bond acceptors (Lipinski definition) is 1. The van der Waals surface area contributed by atoms with Crippen molar-refractivity contribution in [3.63, 3.8) is 0 Å². The average molecular weight is 680 g/mol. The summed E-state index contributed by atoms with van der Waals surface area (Å²) in [6.07, 6.45) is 0. The monoisotopic (exact) mass is 678 g/mol. The van der Waals surface area contributed by atoms with E-state index in [1.807, 2.05) is 0 Å². The summed E-state index contributed by atoms with van der Waals surface area (Å²) in [6.45, 7) is 0. The molecule has 0 saturated carbocycles. The SMILES string of the molecule is FC(F)(c1ccc(Br)cc1)C(F)(F)c1ccc(Oc2ccc(C(F)(F)C(F)(F)c3ccc(Br)cc3)cc2)cc1. The van der Waals surface area contributed by atoms with Gasteiger partial charge in [-0.2, -0.15) is 35.1 Å². The first-order valence-electron chi connectivity index (χ1n) is 11.1. The van der Waals surface area contributed by atoms with E-state index in [9.17, 15) is 35.1 Å². The first-order chi connectivity index (χ1) is 18.2. The summed E-state index contributed by atoms with van der Waals surface area (Å²) in [4.78, 5) is 0. The quantitative estimate of drug-likeness (QED) is 0.168. The molecule has 204 valence electrons. The van der Waals surface area contributed by atoms with E-state index >= 15 is 0 Å². The molecule has 1 nitrogen and oxygen atoms in total. The van der Waals surface area contributed by atoms with Gasteiger partial charge in [-0.05, 0) is 72.8 Å². The molecule has 0 N–H and O–H groups in total. The van der Waals surface area contributed by atoms with E-state index in [1.165, 1.54) is 24.3 Å². The summed E-state index contributed by atoms with van der Waals surface area (Å²) < 4.78 is 124. The van der Waals surface area contributed by atoms with Crippen molar-refractivity contribution in [2.75, 3.05) is 0 Å². The second-order valence-electron chi connectivity index (χ2n) is 8.46. The zero-order chi connectivity index (χ0) is 28.6. The van der Waals surface area contributed by atoms with Gasteiger partial charge in [0.25, 0.3) is 0 Å². The largest absolute Gasteiger partial charge is 0.457 e. The van der Waals surface area contributed by atoms with Gasteiger partial charge in [-0.25, -0.2) is 0 Å². The van der Waals surface area contributed by atoms with Crippen molar-refractivity contribution >= 4 is 31.9 Å². The van der Waals surface area contributed by atoms with Gasteiger partial charge in [0.15, 0.2) is 0 Å². The molecule has 0 fully saturated rings. The molecule has 0 atom stereocenters. The van der Waals surface area contributed by atoms with Crippen molar-refractivity contribution in [3.8, 4) is 11.5 Å². The Kier molecular flexibility index (Phi) is 7.88. The van der Waals surface area contributed by atoms with Crippen LogP contribution in [0.2, 0.25) is 0 Å². The van der Waals surface area contributed by atoms with Crippen LogP contribution in [0.5, 0.6) is 11.5 Å². The van der Waals surface area contributed by atoms with Crippen molar-refractivity contribution in [1.29, 1.82) is 0 Å². The van der Waals surface area contributed by atoms with Crippen LogP contribution >= 0.6 is 31.9 Å². The van der Waals surface area contributed by atoms with Gasteiger partial charge in [-0.3, -0.25) is 0 Å². The summed E-state index contributed by atoms with van der Waals surface area (Å²) in [5.41, 5.74) is -3.71. The van der Waals surface area contributed by atoms with Gasteiger partial charge >= 0.3 is 23.7 Å². The van der Waals surface area contributed by atoms with E-state index in [0.717, 1.165) is 72.8 Å². The van der Waals surface area contributed by atoms with Crippen molar-refractivity contribution < 1.29 is 39.9 Å². The maximum atomic E-state index is 14.7. The van der Waals surface area contributed by atoms with Crippen LogP contribution in [0.3, 0.4) is 0 Å². The fraction of sp³-hybridized carbons (Fsp3) is 0.143. The third kappa shape index (κ3) is 5.56. The van der Waals surface area contributed by atoms with Crippen LogP contribution in [-0.2, 0) is 23.7 Å². The van der Waals surface area contributed by atoms with Gasteiger partial charge in [0, 0.05) is 31.2 Å². The number of hydrogen-bond donors (Lipinski definition) is 0. The zero-order valence-electron chi connectivity index (χ0n) is 19.4. The molecule has 0 radical (unpaired) electrons. The highest BCUT2D eigenvalue weighted by atomic mass is 79.9. The summed E-state index contributed by atoms with van der Waals surface area (Å²) in [6, 6.07) is 15.5. The highest BCUT2D eigenvalue weighted by Crippen LogP contribution is 2.51. The van der Waals surface area contributed by atoms with Gasteiger partial charge in [-0.1, -0.05) is 56.1 Å². The molecule has 4 rings (SSSR count). The number of ether oxygens (including phenoxy) is 1. The predicted molar refractivity (Wildman–Crippen MR) is 137 cm³/mol. The van der Waals surface area contributed by atoms with Crippen molar-refractivity contribution in [3.05, 3.63) is 128 Å². The summed E-state index contributed by atoms with van der Waals surface area (Å²) in [7, 11) is 0. The summed E-state index contributed by atoms with van der Waals surface area (Å²) in [5, 5.41) is 0. The van der Waals surface area contributed by atoms with E-state index in [0.29, 0.717) is 8.95 Å². The lowest BCUT2D eigenvalue weighted by Gasteiger charge is -2.27. The van der Waals surface area contributed by atoms with Crippen molar-refractivity contribution in [2.24, 2.45) is 0 Å². The zero-order valence-corrected chi connectivity index (χ0v) is 22.6. The van der Waals surface area contributed by atoms with Crippen LogP contribution in [0.4, 0.5) is 35.1 Å². The minimum Gasteiger partial charge on any atom is -0.457 e. The Balaban J connectivity index is 1.50. The molecule has 0 spiro atoms. The Hall–Kier alpha value is -2.92. The lowest BCUT2D eigenvalue weighted by molar-refractivity contribution is -0.223.